The van der Waals surface area contributed by atoms with Crippen LogP contribution in [0.5, 0.6) is 0 Å². The van der Waals surface area contributed by atoms with Crippen molar-refractivity contribution in [2.24, 2.45) is 5.41 Å². The van der Waals surface area contributed by atoms with E-state index in [0.717, 1.165) is 0 Å². The molecule has 18 heavy (non-hydrogen) atoms. The van der Waals surface area contributed by atoms with Gasteiger partial charge in [0.2, 0.25) is 5.82 Å². The van der Waals surface area contributed by atoms with Crippen LogP contribution < -0.4 is 0 Å². The lowest BCUT2D eigenvalue weighted by atomic mass is 10.1. The van der Waals surface area contributed by atoms with Crippen molar-refractivity contribution in [1.29, 1.82) is 0 Å². The molecule has 0 saturated heterocycles. The molecule has 1 fully saturated rings. The lowest BCUT2D eigenvalue weighted by Gasteiger charge is -2.09. The monoisotopic (exact) mass is 312 g/mol. The van der Waals surface area contributed by atoms with Crippen LogP contribution in [-0.4, -0.2) is 31.3 Å². The van der Waals surface area contributed by atoms with Gasteiger partial charge in [-0.1, -0.05) is 0 Å². The molecule has 1 aliphatic carbocycles. The average Bonchev–Trinajstić information content (AvgIpc) is 2.76. The van der Waals surface area contributed by atoms with Crippen LogP contribution in [0.4, 0.5) is 0 Å². The first kappa shape index (κ1) is 11.4. The minimum absolute atomic E-state index is 0.267. The molecule has 1 aliphatic rings. The molecule has 3 rings (SSSR count). The highest BCUT2D eigenvalue weighted by atomic mass is 79.9. The summed E-state index contributed by atoms with van der Waals surface area (Å²) < 4.78 is 7.42. The second-order valence-corrected chi connectivity index (χ2v) is 5.13. The second-order valence-electron chi connectivity index (χ2n) is 4.35. The van der Waals surface area contributed by atoms with E-state index in [0.29, 0.717) is 29.1 Å². The molecule has 1 saturated carbocycles. The van der Waals surface area contributed by atoms with Crippen LogP contribution in [-0.2, 0) is 11.3 Å². The summed E-state index contributed by atoms with van der Waals surface area (Å²) >= 11 is 3.20. The number of aliphatic carboxylic acids is 1. The largest absolute Gasteiger partial charge is 0.481 e. The van der Waals surface area contributed by atoms with E-state index in [1.165, 1.54) is 4.68 Å². The molecule has 7 nitrogen and oxygen atoms in total. The summed E-state index contributed by atoms with van der Waals surface area (Å²) in [7, 11) is 0. The fourth-order valence-electron chi connectivity index (χ4n) is 1.80. The van der Waals surface area contributed by atoms with E-state index in [1.54, 1.807) is 12.1 Å². The Morgan fingerprint density at radius 3 is 2.89 bits per heavy atom. The Bertz CT molecular complexity index is 602. The number of rotatable bonds is 4. The molecule has 0 radical (unpaired) electrons. The minimum atomic E-state index is -0.801. The first-order valence-corrected chi connectivity index (χ1v) is 6.15. The zero-order valence-corrected chi connectivity index (χ0v) is 10.8. The Balaban J connectivity index is 1.91. The van der Waals surface area contributed by atoms with Crippen LogP contribution in [0.3, 0.4) is 0 Å². The summed E-state index contributed by atoms with van der Waals surface area (Å²) in [6, 6.07) is 3.46. The lowest BCUT2D eigenvalue weighted by Crippen LogP contribution is -2.22. The third kappa shape index (κ3) is 1.82. The number of carboxylic acids is 1. The van der Waals surface area contributed by atoms with Gasteiger partial charge in [0.15, 0.2) is 10.4 Å². The van der Waals surface area contributed by atoms with Gasteiger partial charge in [0, 0.05) is 0 Å². The molecule has 8 heteroatoms. The van der Waals surface area contributed by atoms with E-state index in [-0.39, 0.29) is 6.54 Å². The zero-order valence-electron chi connectivity index (χ0n) is 9.21. The Hall–Kier alpha value is -1.70. The first-order valence-electron chi connectivity index (χ1n) is 5.36. The molecule has 2 aromatic heterocycles. The van der Waals surface area contributed by atoms with Gasteiger partial charge in [0.25, 0.3) is 0 Å². The number of aromatic nitrogens is 4. The molecule has 0 aliphatic heterocycles. The maximum Gasteiger partial charge on any atom is 0.311 e. The number of carboxylic acid groups (broad SMARTS) is 1. The Kier molecular flexibility index (Phi) is 2.47. The van der Waals surface area contributed by atoms with Crippen molar-refractivity contribution in [2.75, 3.05) is 0 Å². The summed E-state index contributed by atoms with van der Waals surface area (Å²) in [4.78, 5) is 11.1. The number of halogens is 1. The number of furan rings is 1. The van der Waals surface area contributed by atoms with Gasteiger partial charge in [-0.3, -0.25) is 4.79 Å². The Morgan fingerprint density at radius 2 is 2.33 bits per heavy atom. The van der Waals surface area contributed by atoms with Gasteiger partial charge in [0.05, 0.1) is 12.0 Å². The third-order valence-electron chi connectivity index (χ3n) is 3.09. The number of hydrogen-bond acceptors (Lipinski definition) is 5. The van der Waals surface area contributed by atoms with Crippen LogP contribution in [0.2, 0.25) is 0 Å². The summed E-state index contributed by atoms with van der Waals surface area (Å²) in [6.07, 6.45) is 1.31. The van der Waals surface area contributed by atoms with Gasteiger partial charge < -0.3 is 9.52 Å². The quantitative estimate of drug-likeness (QED) is 0.920. The number of carbonyl (C=O) groups is 1. The first-order chi connectivity index (χ1) is 8.61. The van der Waals surface area contributed by atoms with Crippen LogP contribution in [0, 0.1) is 5.41 Å². The molecule has 0 unspecified atom stereocenters. The average molecular weight is 313 g/mol. The number of tetrazole rings is 1. The van der Waals surface area contributed by atoms with Gasteiger partial charge in [-0.05, 0) is 51.3 Å². The fraction of sp³-hybridized carbons (Fsp3) is 0.400. The van der Waals surface area contributed by atoms with Gasteiger partial charge in [0.1, 0.15) is 0 Å². The third-order valence-corrected chi connectivity index (χ3v) is 3.51. The summed E-state index contributed by atoms with van der Waals surface area (Å²) in [5.41, 5.74) is -0.714. The van der Waals surface area contributed by atoms with Crippen molar-refractivity contribution in [1.82, 2.24) is 20.2 Å². The molecule has 1 N–H and O–H groups in total. The molecule has 94 valence electrons. The lowest BCUT2D eigenvalue weighted by molar-refractivity contribution is -0.144. The fourth-order valence-corrected chi connectivity index (χ4v) is 2.11. The number of nitrogens with zero attached hydrogens (tertiary/aromatic N) is 4. The standard InChI is InChI=1S/C10H9BrN4O3/c11-7-2-1-6(18-7)8-12-13-14-15(8)5-10(3-4-10)9(16)17/h1-2H,3-5H2,(H,16,17). The molecular formula is C10H9BrN4O3. The molecular weight excluding hydrogens is 304 g/mol. The van der Waals surface area contributed by atoms with E-state index >= 15 is 0 Å². The van der Waals surface area contributed by atoms with Crippen LogP contribution in [0.15, 0.2) is 21.2 Å². The van der Waals surface area contributed by atoms with E-state index in [4.69, 9.17) is 9.52 Å². The molecule has 0 atom stereocenters. The zero-order chi connectivity index (χ0) is 12.8. The second kappa shape index (κ2) is 3.91. The van der Waals surface area contributed by atoms with Crippen molar-refractivity contribution >= 4 is 21.9 Å². The van der Waals surface area contributed by atoms with E-state index in [9.17, 15) is 4.79 Å². The van der Waals surface area contributed by atoms with Crippen molar-refractivity contribution in [3.63, 3.8) is 0 Å². The smallest absolute Gasteiger partial charge is 0.311 e. The van der Waals surface area contributed by atoms with Crippen molar-refractivity contribution in [2.45, 2.75) is 19.4 Å². The predicted molar refractivity (Wildman–Crippen MR) is 62.5 cm³/mol. The van der Waals surface area contributed by atoms with Crippen molar-refractivity contribution in [3.05, 3.63) is 16.8 Å². The maximum absolute atomic E-state index is 11.1. The Morgan fingerprint density at radius 1 is 1.56 bits per heavy atom. The molecule has 0 amide bonds. The molecule has 2 aromatic rings. The van der Waals surface area contributed by atoms with E-state index < -0.39 is 11.4 Å². The van der Waals surface area contributed by atoms with Gasteiger partial charge in [-0.15, -0.1) is 5.10 Å². The van der Waals surface area contributed by atoms with E-state index in [1.807, 2.05) is 0 Å². The normalized spacial score (nSPS) is 16.7. The molecule has 0 spiro atoms. The predicted octanol–water partition coefficient (Wildman–Crippen LogP) is 1.56. The van der Waals surface area contributed by atoms with Crippen LogP contribution in [0.1, 0.15) is 12.8 Å². The molecule has 0 aromatic carbocycles. The highest BCUT2D eigenvalue weighted by Crippen LogP contribution is 2.47. The summed E-state index contributed by atoms with van der Waals surface area (Å²) in [5.74, 6) is 0.144. The van der Waals surface area contributed by atoms with Crippen LogP contribution >= 0.6 is 15.9 Å². The topological polar surface area (TPSA) is 94.0 Å². The SMILES string of the molecule is O=C(O)C1(Cn2nnnc2-c2ccc(Br)o2)CC1. The van der Waals surface area contributed by atoms with Gasteiger partial charge in [-0.2, -0.15) is 0 Å². The molecule has 0 bridgehead atoms. The van der Waals surface area contributed by atoms with E-state index in [2.05, 4.69) is 31.5 Å². The van der Waals surface area contributed by atoms with Crippen molar-refractivity contribution < 1.29 is 14.3 Å². The summed E-state index contributed by atoms with van der Waals surface area (Å²) in [5, 5.41) is 20.4. The van der Waals surface area contributed by atoms with Crippen molar-refractivity contribution in [3.8, 4) is 11.6 Å². The Labute approximate surface area is 110 Å². The highest BCUT2D eigenvalue weighted by molar-refractivity contribution is 9.10. The minimum Gasteiger partial charge on any atom is -0.481 e. The maximum atomic E-state index is 11.1. The molecule has 2 heterocycles. The highest BCUT2D eigenvalue weighted by Gasteiger charge is 2.51. The van der Waals surface area contributed by atoms with Gasteiger partial charge in [-0.25, -0.2) is 4.68 Å². The van der Waals surface area contributed by atoms with Crippen LogP contribution in [0.25, 0.3) is 11.6 Å². The van der Waals surface area contributed by atoms with Gasteiger partial charge >= 0.3 is 5.97 Å². The summed E-state index contributed by atoms with van der Waals surface area (Å²) in [6.45, 7) is 0.267. The number of hydrogen-bond donors (Lipinski definition) is 1.